The number of anilines is 2. The van der Waals surface area contributed by atoms with Gasteiger partial charge < -0.3 is 33.8 Å². The third-order valence-electron chi connectivity index (χ3n) is 5.53. The monoisotopic (exact) mass is 461 g/mol. The highest BCUT2D eigenvalue weighted by Crippen LogP contribution is 2.33. The molecule has 1 heterocycles. The SMILES string of the molecule is COc1cc(OC)cc(N2CCN(C(=O)SNc3cc(C(C)O)c(C)cc3OC)CC2)c1. The van der Waals surface area contributed by atoms with Crippen molar-refractivity contribution >= 4 is 28.6 Å². The maximum absolute atomic E-state index is 12.8. The Balaban J connectivity index is 1.60. The lowest BCUT2D eigenvalue weighted by molar-refractivity contribution is 0.198. The molecule has 0 aliphatic carbocycles. The number of nitrogens with zero attached hydrogens (tertiary/aromatic N) is 2. The van der Waals surface area contributed by atoms with Crippen LogP contribution in [-0.2, 0) is 0 Å². The number of rotatable bonds is 7. The van der Waals surface area contributed by atoms with Crippen molar-refractivity contribution in [2.75, 3.05) is 57.1 Å². The van der Waals surface area contributed by atoms with Gasteiger partial charge in [0.15, 0.2) is 0 Å². The zero-order chi connectivity index (χ0) is 23.3. The van der Waals surface area contributed by atoms with Gasteiger partial charge in [0.25, 0.3) is 0 Å². The topological polar surface area (TPSA) is 83.5 Å². The van der Waals surface area contributed by atoms with E-state index in [1.54, 1.807) is 28.3 Å². The molecule has 1 atom stereocenters. The minimum Gasteiger partial charge on any atom is -0.497 e. The first-order valence-electron chi connectivity index (χ1n) is 10.4. The molecule has 1 unspecified atom stereocenters. The first-order valence-corrected chi connectivity index (χ1v) is 11.2. The molecule has 3 rings (SSSR count). The second-order valence-electron chi connectivity index (χ2n) is 7.60. The highest BCUT2D eigenvalue weighted by atomic mass is 32.2. The average molecular weight is 462 g/mol. The van der Waals surface area contributed by atoms with Crippen LogP contribution in [0, 0.1) is 6.92 Å². The molecule has 2 aromatic carbocycles. The molecule has 0 aromatic heterocycles. The molecule has 0 saturated carbocycles. The van der Waals surface area contributed by atoms with Gasteiger partial charge in [0, 0.05) is 62.0 Å². The fourth-order valence-corrected chi connectivity index (χ4v) is 4.35. The Hall–Kier alpha value is -2.78. The van der Waals surface area contributed by atoms with Crippen LogP contribution >= 0.6 is 11.9 Å². The van der Waals surface area contributed by atoms with Gasteiger partial charge in [-0.05, 0) is 37.1 Å². The highest BCUT2D eigenvalue weighted by Gasteiger charge is 2.23. The van der Waals surface area contributed by atoms with Crippen LogP contribution in [0.15, 0.2) is 30.3 Å². The second-order valence-corrected chi connectivity index (χ2v) is 8.36. The van der Waals surface area contributed by atoms with Crippen LogP contribution in [0.2, 0.25) is 0 Å². The third kappa shape index (κ3) is 5.52. The van der Waals surface area contributed by atoms with E-state index in [1.807, 2.05) is 42.2 Å². The van der Waals surface area contributed by atoms with Crippen molar-refractivity contribution in [3.63, 3.8) is 0 Å². The predicted molar refractivity (Wildman–Crippen MR) is 128 cm³/mol. The first kappa shape index (κ1) is 23.9. The fourth-order valence-electron chi connectivity index (χ4n) is 3.68. The molecule has 0 radical (unpaired) electrons. The van der Waals surface area contributed by atoms with Crippen LogP contribution in [0.1, 0.15) is 24.2 Å². The average Bonchev–Trinajstić information content (AvgIpc) is 2.82. The van der Waals surface area contributed by atoms with Gasteiger partial charge in [-0.15, -0.1) is 0 Å². The molecular formula is C23H31N3O5S. The molecular weight excluding hydrogens is 430 g/mol. The van der Waals surface area contributed by atoms with Crippen LogP contribution in [0.3, 0.4) is 0 Å². The molecule has 1 saturated heterocycles. The van der Waals surface area contributed by atoms with Gasteiger partial charge in [0.2, 0.25) is 0 Å². The van der Waals surface area contributed by atoms with E-state index in [0.717, 1.165) is 40.3 Å². The Morgan fingerprint density at radius 3 is 2.16 bits per heavy atom. The summed E-state index contributed by atoms with van der Waals surface area (Å²) in [5.74, 6) is 2.10. The van der Waals surface area contributed by atoms with Crippen molar-refractivity contribution in [1.29, 1.82) is 0 Å². The summed E-state index contributed by atoms with van der Waals surface area (Å²) in [6, 6.07) is 9.47. The summed E-state index contributed by atoms with van der Waals surface area (Å²) >= 11 is 1.02. The van der Waals surface area contributed by atoms with Gasteiger partial charge in [-0.3, -0.25) is 4.79 Å². The van der Waals surface area contributed by atoms with E-state index < -0.39 is 6.10 Å². The van der Waals surface area contributed by atoms with Crippen molar-refractivity contribution in [3.05, 3.63) is 41.5 Å². The number of carbonyl (C=O) groups is 1. The predicted octanol–water partition coefficient (Wildman–Crippen LogP) is 4.08. The zero-order valence-corrected chi connectivity index (χ0v) is 20.0. The number of hydrogen-bond acceptors (Lipinski definition) is 8. The van der Waals surface area contributed by atoms with E-state index >= 15 is 0 Å². The number of nitrogens with one attached hydrogen (secondary N) is 1. The maximum Gasteiger partial charge on any atom is 0.302 e. The molecule has 0 spiro atoms. The lowest BCUT2D eigenvalue weighted by Gasteiger charge is -2.36. The van der Waals surface area contributed by atoms with Gasteiger partial charge in [-0.25, -0.2) is 0 Å². The molecule has 32 heavy (non-hydrogen) atoms. The van der Waals surface area contributed by atoms with E-state index in [2.05, 4.69) is 9.62 Å². The molecule has 0 bridgehead atoms. The van der Waals surface area contributed by atoms with Crippen molar-refractivity contribution in [2.24, 2.45) is 0 Å². The molecule has 1 aliphatic heterocycles. The second kappa shape index (κ2) is 10.7. The largest absolute Gasteiger partial charge is 0.497 e. The van der Waals surface area contributed by atoms with Crippen LogP contribution in [-0.4, -0.2) is 62.8 Å². The summed E-state index contributed by atoms with van der Waals surface area (Å²) in [5.41, 5.74) is 3.40. The van der Waals surface area contributed by atoms with Crippen molar-refractivity contribution in [1.82, 2.24) is 4.90 Å². The summed E-state index contributed by atoms with van der Waals surface area (Å²) in [4.78, 5) is 16.8. The van der Waals surface area contributed by atoms with Gasteiger partial charge in [-0.2, -0.15) is 0 Å². The summed E-state index contributed by atoms with van der Waals surface area (Å²) in [5, 5.41) is 9.93. The van der Waals surface area contributed by atoms with Gasteiger partial charge in [0.05, 0.1) is 33.1 Å². The van der Waals surface area contributed by atoms with Gasteiger partial charge in [0.1, 0.15) is 17.2 Å². The number of carbonyl (C=O) groups excluding carboxylic acids is 1. The minimum atomic E-state index is -0.606. The summed E-state index contributed by atoms with van der Waals surface area (Å²) in [6.45, 7) is 6.28. The van der Waals surface area contributed by atoms with Crippen LogP contribution in [0.25, 0.3) is 0 Å². The third-order valence-corrected chi connectivity index (χ3v) is 6.28. The van der Waals surface area contributed by atoms with E-state index in [1.165, 1.54) is 0 Å². The number of hydrogen-bond donors (Lipinski definition) is 2. The lowest BCUT2D eigenvalue weighted by Crippen LogP contribution is -2.47. The number of piperazine rings is 1. The Kier molecular flexibility index (Phi) is 7.98. The van der Waals surface area contributed by atoms with Crippen molar-refractivity contribution in [3.8, 4) is 17.2 Å². The standard InChI is InChI=1S/C23H31N3O5S/c1-15-10-22(31-5)21(14-20(15)16(2)27)24-32-23(28)26-8-6-25(7-9-26)17-11-18(29-3)13-19(12-17)30-4/h10-14,16,24,27H,6-9H2,1-5H3. The minimum absolute atomic E-state index is 0.0610. The summed E-state index contributed by atoms with van der Waals surface area (Å²) in [6.07, 6.45) is -0.606. The van der Waals surface area contributed by atoms with E-state index in [9.17, 15) is 9.90 Å². The summed E-state index contributed by atoms with van der Waals surface area (Å²) in [7, 11) is 4.85. The first-order chi connectivity index (χ1) is 15.4. The Bertz CT molecular complexity index is 923. The Morgan fingerprint density at radius 2 is 1.62 bits per heavy atom. The van der Waals surface area contributed by atoms with Crippen molar-refractivity contribution < 1.29 is 24.1 Å². The number of aryl methyl sites for hydroxylation is 1. The molecule has 1 amide bonds. The number of aliphatic hydroxyl groups is 1. The maximum atomic E-state index is 12.8. The molecule has 8 nitrogen and oxygen atoms in total. The number of aliphatic hydroxyl groups excluding tert-OH is 1. The van der Waals surface area contributed by atoms with E-state index in [-0.39, 0.29) is 5.24 Å². The number of amides is 1. The molecule has 174 valence electrons. The highest BCUT2D eigenvalue weighted by molar-refractivity contribution is 8.14. The van der Waals surface area contributed by atoms with Gasteiger partial charge in [-0.1, -0.05) is 0 Å². The molecule has 2 N–H and O–H groups in total. The van der Waals surface area contributed by atoms with Crippen LogP contribution in [0.5, 0.6) is 17.2 Å². The van der Waals surface area contributed by atoms with Crippen molar-refractivity contribution in [2.45, 2.75) is 20.0 Å². The normalized spacial score (nSPS) is 14.7. The lowest BCUT2D eigenvalue weighted by atomic mass is 10.0. The fraction of sp³-hybridized carbons (Fsp3) is 0.435. The Morgan fingerprint density at radius 1 is 1.00 bits per heavy atom. The van der Waals surface area contributed by atoms with Crippen LogP contribution < -0.4 is 23.8 Å². The van der Waals surface area contributed by atoms with E-state index in [0.29, 0.717) is 37.6 Å². The number of ether oxygens (including phenoxy) is 3. The zero-order valence-electron chi connectivity index (χ0n) is 19.2. The smallest absolute Gasteiger partial charge is 0.302 e. The molecule has 1 aliphatic rings. The molecule has 1 fully saturated rings. The van der Waals surface area contributed by atoms with Crippen LogP contribution in [0.4, 0.5) is 16.2 Å². The summed E-state index contributed by atoms with van der Waals surface area (Å²) < 4.78 is 19.3. The molecule has 9 heteroatoms. The quantitative estimate of drug-likeness (QED) is 0.597. The molecule has 2 aromatic rings. The van der Waals surface area contributed by atoms with Gasteiger partial charge >= 0.3 is 5.24 Å². The Labute approximate surface area is 193 Å². The number of benzene rings is 2. The number of methoxy groups -OCH3 is 3. The van der Waals surface area contributed by atoms with E-state index in [4.69, 9.17) is 14.2 Å².